The molecule has 5 heteroatoms. The van der Waals surface area contributed by atoms with E-state index < -0.39 is 5.60 Å². The monoisotopic (exact) mass is 814 g/mol. The highest BCUT2D eigenvalue weighted by Crippen LogP contribution is 2.58. The molecule has 0 unspecified atom stereocenters. The van der Waals surface area contributed by atoms with Crippen LogP contribution in [-0.4, -0.2) is 45.2 Å². The Hall–Kier alpha value is -5.04. The molecule has 0 saturated carbocycles. The van der Waals surface area contributed by atoms with Gasteiger partial charge in [-0.25, -0.2) is 0 Å². The van der Waals surface area contributed by atoms with Crippen LogP contribution in [0.15, 0.2) is 146 Å². The highest BCUT2D eigenvalue weighted by Gasteiger charge is 2.49. The van der Waals surface area contributed by atoms with E-state index in [4.69, 9.17) is 23.7 Å². The summed E-state index contributed by atoms with van der Waals surface area (Å²) in [7, 11) is 0. The van der Waals surface area contributed by atoms with E-state index in [0.717, 1.165) is 47.5 Å². The first-order valence-electron chi connectivity index (χ1n) is 22.6. The molecule has 0 aromatic heterocycles. The van der Waals surface area contributed by atoms with Crippen molar-refractivity contribution in [2.24, 2.45) is 5.92 Å². The van der Waals surface area contributed by atoms with E-state index in [-0.39, 0.29) is 11.0 Å². The largest absolute Gasteiger partial charge is 0.457 e. The summed E-state index contributed by atoms with van der Waals surface area (Å²) in [4.78, 5) is 0. The molecule has 0 bridgehead atoms. The summed E-state index contributed by atoms with van der Waals surface area (Å²) < 4.78 is 31.5. The highest BCUT2D eigenvalue weighted by molar-refractivity contribution is 5.84. The van der Waals surface area contributed by atoms with E-state index in [0.29, 0.717) is 45.6 Å². The number of hydrogen-bond donors (Lipinski definition) is 0. The molecule has 2 aliphatic rings. The third-order valence-corrected chi connectivity index (χ3v) is 13.1. The zero-order valence-electron chi connectivity index (χ0n) is 36.8. The zero-order valence-corrected chi connectivity index (χ0v) is 36.8. The van der Waals surface area contributed by atoms with E-state index in [2.05, 4.69) is 180 Å². The van der Waals surface area contributed by atoms with Gasteiger partial charge in [-0.3, -0.25) is 0 Å². The molecule has 0 heterocycles. The molecule has 0 amide bonds. The quantitative estimate of drug-likeness (QED) is 0.0677. The van der Waals surface area contributed by atoms with Crippen molar-refractivity contribution in [1.29, 1.82) is 0 Å². The number of benzene rings is 6. The second-order valence-electron chi connectivity index (χ2n) is 17.1. The molecule has 0 aliphatic heterocycles. The maximum Gasteiger partial charge on any atom is 0.145 e. The second kappa shape index (κ2) is 18.9. The molecule has 6 aromatic carbocycles. The molecular weight excluding hydrogens is 753 g/mol. The lowest BCUT2D eigenvalue weighted by molar-refractivity contribution is -0.0618. The topological polar surface area (TPSA) is 46.2 Å². The van der Waals surface area contributed by atoms with Crippen LogP contribution in [0.5, 0.6) is 11.5 Å². The van der Waals surface area contributed by atoms with Crippen LogP contribution in [0.2, 0.25) is 0 Å². The average molecular weight is 815 g/mol. The predicted octanol–water partition coefficient (Wildman–Crippen LogP) is 13.5. The SMILES string of the molecule is CCCCC(C)(C)OCCOCCOCCOC1(c2ccc(Oc3ccc(C4(C(CC)CC)c5ccccc5-c5ccccc54)cc3)cc2)c2ccccc2-c2ccccc21. The Morgan fingerprint density at radius 1 is 0.475 bits per heavy atom. The normalized spacial score (nSPS) is 14.4. The summed E-state index contributed by atoms with van der Waals surface area (Å²) in [5, 5.41) is 0. The van der Waals surface area contributed by atoms with Crippen LogP contribution in [0.25, 0.3) is 22.3 Å². The Labute approximate surface area is 364 Å². The van der Waals surface area contributed by atoms with Crippen LogP contribution in [0.3, 0.4) is 0 Å². The highest BCUT2D eigenvalue weighted by atomic mass is 16.6. The number of unbranched alkanes of at least 4 members (excludes halogenated alkanes) is 1. The fourth-order valence-corrected chi connectivity index (χ4v) is 10.2. The fraction of sp³-hybridized carbons (Fsp3) is 0.357. The Kier molecular flexibility index (Phi) is 13.2. The smallest absolute Gasteiger partial charge is 0.145 e. The summed E-state index contributed by atoms with van der Waals surface area (Å²) in [6.07, 6.45) is 5.57. The summed E-state index contributed by atoms with van der Waals surface area (Å²) in [6, 6.07) is 52.4. The van der Waals surface area contributed by atoms with E-state index in [1.165, 1.54) is 51.8 Å². The third-order valence-electron chi connectivity index (χ3n) is 13.1. The van der Waals surface area contributed by atoms with Crippen LogP contribution in [-0.2, 0) is 30.0 Å². The van der Waals surface area contributed by atoms with Crippen molar-refractivity contribution in [2.75, 3.05) is 39.6 Å². The molecular formula is C56H62O5. The first-order valence-corrected chi connectivity index (χ1v) is 22.6. The van der Waals surface area contributed by atoms with Crippen molar-refractivity contribution < 1.29 is 23.7 Å². The number of hydrogen-bond acceptors (Lipinski definition) is 5. The molecule has 0 N–H and O–H groups in total. The second-order valence-corrected chi connectivity index (χ2v) is 17.1. The van der Waals surface area contributed by atoms with E-state index in [1.54, 1.807) is 0 Å². The first-order chi connectivity index (χ1) is 29.9. The number of ether oxygens (including phenoxy) is 5. The molecule has 8 rings (SSSR count). The van der Waals surface area contributed by atoms with Crippen LogP contribution >= 0.6 is 0 Å². The van der Waals surface area contributed by atoms with Gasteiger partial charge in [-0.2, -0.15) is 0 Å². The molecule has 316 valence electrons. The van der Waals surface area contributed by atoms with Crippen LogP contribution in [0, 0.1) is 5.92 Å². The molecule has 0 saturated heterocycles. The molecule has 0 atom stereocenters. The Morgan fingerprint density at radius 3 is 1.39 bits per heavy atom. The maximum atomic E-state index is 7.03. The Bertz CT molecular complexity index is 2270. The van der Waals surface area contributed by atoms with Crippen molar-refractivity contribution in [3.8, 4) is 33.8 Å². The standard InChI is InChI=1S/C56H62O5/c1-6-9-34-54(4,5)59-39-37-57-35-36-58-38-40-60-56(52-24-16-12-20-48(52)49-21-13-17-25-53(49)56)43-28-32-45(33-29-43)61-44-30-26-42(27-31-44)55(41(7-2)8-3)50-22-14-10-18-46(50)47-19-11-15-23-51(47)55/h10-33,41H,6-9,34-40H2,1-5H3. The van der Waals surface area contributed by atoms with Crippen LogP contribution in [0.4, 0.5) is 0 Å². The van der Waals surface area contributed by atoms with Gasteiger partial charge in [0, 0.05) is 16.5 Å². The number of rotatable bonds is 21. The van der Waals surface area contributed by atoms with Gasteiger partial charge in [0.15, 0.2) is 0 Å². The van der Waals surface area contributed by atoms with E-state index in [9.17, 15) is 0 Å². The number of fused-ring (bicyclic) bond motifs is 6. The lowest BCUT2D eigenvalue weighted by atomic mass is 9.62. The molecule has 2 aliphatic carbocycles. The molecule has 0 spiro atoms. The minimum atomic E-state index is -0.799. The van der Waals surface area contributed by atoms with Crippen molar-refractivity contribution in [3.05, 3.63) is 179 Å². The third kappa shape index (κ3) is 8.22. The van der Waals surface area contributed by atoms with Crippen molar-refractivity contribution in [3.63, 3.8) is 0 Å². The van der Waals surface area contributed by atoms with Gasteiger partial charge in [0.25, 0.3) is 0 Å². The van der Waals surface area contributed by atoms with Crippen molar-refractivity contribution >= 4 is 0 Å². The summed E-state index contributed by atoms with van der Waals surface area (Å²) in [5.74, 6) is 2.03. The first kappa shape index (κ1) is 42.6. The lowest BCUT2D eigenvalue weighted by Crippen LogP contribution is -2.35. The fourth-order valence-electron chi connectivity index (χ4n) is 10.2. The summed E-state index contributed by atoms with van der Waals surface area (Å²) >= 11 is 0. The minimum Gasteiger partial charge on any atom is -0.457 e. The lowest BCUT2D eigenvalue weighted by Gasteiger charge is -2.40. The van der Waals surface area contributed by atoms with Gasteiger partial charge in [-0.15, -0.1) is 0 Å². The molecule has 6 aromatic rings. The minimum absolute atomic E-state index is 0.117. The van der Waals surface area contributed by atoms with Gasteiger partial charge in [-0.05, 0) is 95.0 Å². The van der Waals surface area contributed by atoms with Crippen molar-refractivity contribution in [2.45, 2.75) is 83.3 Å². The Morgan fingerprint density at radius 2 is 0.902 bits per heavy atom. The summed E-state index contributed by atoms with van der Waals surface area (Å²) in [6.45, 7) is 14.2. The zero-order chi connectivity index (χ0) is 42.3. The van der Waals surface area contributed by atoms with Gasteiger partial charge >= 0.3 is 0 Å². The average Bonchev–Trinajstić information content (AvgIpc) is 3.76. The van der Waals surface area contributed by atoms with E-state index >= 15 is 0 Å². The van der Waals surface area contributed by atoms with E-state index in [1.807, 2.05) is 0 Å². The predicted molar refractivity (Wildman–Crippen MR) is 248 cm³/mol. The summed E-state index contributed by atoms with van der Waals surface area (Å²) in [5.41, 5.74) is 11.3. The molecule has 0 radical (unpaired) electrons. The van der Waals surface area contributed by atoms with Gasteiger partial charge in [-0.1, -0.05) is 168 Å². The Balaban J connectivity index is 0.980. The van der Waals surface area contributed by atoms with Gasteiger partial charge in [0.1, 0.15) is 17.1 Å². The molecule has 0 fully saturated rings. The van der Waals surface area contributed by atoms with Gasteiger partial charge in [0.05, 0.1) is 45.2 Å². The van der Waals surface area contributed by atoms with Crippen molar-refractivity contribution in [1.82, 2.24) is 0 Å². The van der Waals surface area contributed by atoms with Gasteiger partial charge < -0.3 is 23.7 Å². The maximum absolute atomic E-state index is 7.03. The molecule has 5 nitrogen and oxygen atoms in total. The van der Waals surface area contributed by atoms with Crippen LogP contribution in [0.1, 0.15) is 100 Å². The molecule has 61 heavy (non-hydrogen) atoms. The van der Waals surface area contributed by atoms with Gasteiger partial charge in [0.2, 0.25) is 0 Å². The van der Waals surface area contributed by atoms with Crippen LogP contribution < -0.4 is 4.74 Å².